The van der Waals surface area contributed by atoms with Crippen LogP contribution in [0.2, 0.25) is 0 Å². The second-order valence-corrected chi connectivity index (χ2v) is 7.29. The molecule has 0 aromatic carbocycles. The Bertz CT molecular complexity index is 495. The average molecular weight is 287 g/mol. The zero-order valence-electron chi connectivity index (χ0n) is 13.2. The van der Waals surface area contributed by atoms with Gasteiger partial charge in [0.15, 0.2) is 0 Å². The van der Waals surface area contributed by atoms with E-state index in [-0.39, 0.29) is 11.4 Å². The summed E-state index contributed by atoms with van der Waals surface area (Å²) in [4.78, 5) is 21.4. The molecule has 3 rings (SSSR count). The van der Waals surface area contributed by atoms with Crippen molar-refractivity contribution in [2.75, 3.05) is 13.1 Å². The van der Waals surface area contributed by atoms with E-state index in [2.05, 4.69) is 35.6 Å². The maximum Gasteiger partial charge on any atom is 0.227 e. The van der Waals surface area contributed by atoms with Gasteiger partial charge in [0.1, 0.15) is 0 Å². The molecular weight excluding hydrogens is 262 g/mol. The van der Waals surface area contributed by atoms with Crippen LogP contribution in [0.25, 0.3) is 0 Å². The zero-order valence-corrected chi connectivity index (χ0v) is 13.2. The Morgan fingerprint density at radius 2 is 1.76 bits per heavy atom. The molecule has 4 nitrogen and oxygen atoms in total. The molecule has 2 bridgehead atoms. The van der Waals surface area contributed by atoms with Crippen molar-refractivity contribution >= 4 is 5.91 Å². The molecule has 114 valence electrons. The summed E-state index contributed by atoms with van der Waals surface area (Å²) in [5.74, 6) is 0.280. The van der Waals surface area contributed by atoms with Gasteiger partial charge in [0.05, 0.1) is 6.42 Å². The van der Waals surface area contributed by atoms with Gasteiger partial charge in [-0.1, -0.05) is 0 Å². The third-order valence-corrected chi connectivity index (χ3v) is 4.82. The van der Waals surface area contributed by atoms with Crippen LogP contribution >= 0.6 is 0 Å². The highest BCUT2D eigenvalue weighted by Crippen LogP contribution is 2.33. The average Bonchev–Trinajstić information content (AvgIpc) is 2.69. The summed E-state index contributed by atoms with van der Waals surface area (Å²) < 4.78 is 0. The fourth-order valence-corrected chi connectivity index (χ4v) is 3.62. The number of aromatic nitrogens is 1. The third-order valence-electron chi connectivity index (χ3n) is 4.82. The lowest BCUT2D eigenvalue weighted by molar-refractivity contribution is -0.137. The van der Waals surface area contributed by atoms with Gasteiger partial charge in [0.25, 0.3) is 0 Å². The van der Waals surface area contributed by atoms with Crippen LogP contribution in [0.5, 0.6) is 0 Å². The fourth-order valence-electron chi connectivity index (χ4n) is 3.62. The SMILES string of the molecule is CC(C)(C)N1CC2CCC(C1)N2C(=O)Cc1ccncc1. The summed E-state index contributed by atoms with van der Waals surface area (Å²) in [6.07, 6.45) is 6.33. The van der Waals surface area contributed by atoms with Gasteiger partial charge in [-0.05, 0) is 51.3 Å². The standard InChI is InChI=1S/C17H25N3O/c1-17(2,3)19-11-14-4-5-15(12-19)20(14)16(21)10-13-6-8-18-9-7-13/h6-9,14-15H,4-5,10-12H2,1-3H3. The predicted molar refractivity (Wildman–Crippen MR) is 82.9 cm³/mol. The largest absolute Gasteiger partial charge is 0.334 e. The van der Waals surface area contributed by atoms with Crippen LogP contribution in [0.15, 0.2) is 24.5 Å². The van der Waals surface area contributed by atoms with Crippen LogP contribution in [0.1, 0.15) is 39.2 Å². The molecule has 21 heavy (non-hydrogen) atoms. The first-order valence-corrected chi connectivity index (χ1v) is 7.90. The molecule has 1 aromatic heterocycles. The smallest absolute Gasteiger partial charge is 0.227 e. The van der Waals surface area contributed by atoms with Crippen molar-refractivity contribution in [3.8, 4) is 0 Å². The molecule has 0 spiro atoms. The Balaban J connectivity index is 1.69. The highest BCUT2D eigenvalue weighted by atomic mass is 16.2. The Morgan fingerprint density at radius 1 is 1.19 bits per heavy atom. The van der Waals surface area contributed by atoms with E-state index in [1.54, 1.807) is 12.4 Å². The van der Waals surface area contributed by atoms with Gasteiger partial charge in [-0.25, -0.2) is 0 Å². The molecule has 2 atom stereocenters. The highest BCUT2D eigenvalue weighted by Gasteiger charge is 2.44. The van der Waals surface area contributed by atoms with E-state index in [1.807, 2.05) is 12.1 Å². The molecule has 2 unspecified atom stereocenters. The molecule has 3 heterocycles. The van der Waals surface area contributed by atoms with Crippen LogP contribution in [0.3, 0.4) is 0 Å². The first-order chi connectivity index (χ1) is 9.95. The van der Waals surface area contributed by atoms with Crippen LogP contribution < -0.4 is 0 Å². The van der Waals surface area contributed by atoms with Crippen molar-refractivity contribution < 1.29 is 4.79 Å². The molecule has 2 aliphatic heterocycles. The van der Waals surface area contributed by atoms with E-state index in [1.165, 1.54) is 0 Å². The lowest BCUT2D eigenvalue weighted by Crippen LogP contribution is -2.60. The maximum atomic E-state index is 12.7. The number of fused-ring (bicyclic) bond motifs is 2. The normalized spacial score (nSPS) is 26.1. The Kier molecular flexibility index (Phi) is 3.74. The molecule has 1 amide bonds. The second-order valence-electron chi connectivity index (χ2n) is 7.29. The Hall–Kier alpha value is -1.42. The summed E-state index contributed by atoms with van der Waals surface area (Å²) in [7, 11) is 0. The van der Waals surface area contributed by atoms with Crippen molar-refractivity contribution in [1.29, 1.82) is 0 Å². The molecule has 0 N–H and O–H groups in total. The number of piperazine rings is 1. The van der Waals surface area contributed by atoms with E-state index >= 15 is 0 Å². The fraction of sp³-hybridized carbons (Fsp3) is 0.647. The van der Waals surface area contributed by atoms with Crippen molar-refractivity contribution in [2.24, 2.45) is 0 Å². The van der Waals surface area contributed by atoms with Crippen LogP contribution in [0.4, 0.5) is 0 Å². The van der Waals surface area contributed by atoms with E-state index in [0.29, 0.717) is 18.5 Å². The van der Waals surface area contributed by atoms with Gasteiger partial charge in [-0.2, -0.15) is 0 Å². The molecule has 2 aliphatic rings. The van der Waals surface area contributed by atoms with Crippen molar-refractivity contribution in [2.45, 2.75) is 57.7 Å². The Labute approximate surface area is 127 Å². The van der Waals surface area contributed by atoms with Gasteiger partial charge in [0, 0.05) is 43.1 Å². The van der Waals surface area contributed by atoms with Gasteiger partial charge in [-0.3, -0.25) is 14.7 Å². The zero-order chi connectivity index (χ0) is 15.0. The summed E-state index contributed by atoms with van der Waals surface area (Å²) in [5, 5.41) is 0. The molecule has 2 saturated heterocycles. The van der Waals surface area contributed by atoms with Gasteiger partial charge in [0.2, 0.25) is 5.91 Å². The van der Waals surface area contributed by atoms with E-state index in [0.717, 1.165) is 31.5 Å². The minimum atomic E-state index is 0.196. The minimum absolute atomic E-state index is 0.196. The number of hydrogen-bond donors (Lipinski definition) is 0. The van der Waals surface area contributed by atoms with E-state index in [4.69, 9.17) is 0 Å². The number of pyridine rings is 1. The summed E-state index contributed by atoms with van der Waals surface area (Å²) in [6, 6.07) is 4.67. The first kappa shape index (κ1) is 14.5. The van der Waals surface area contributed by atoms with Crippen LogP contribution in [0, 0.1) is 0 Å². The van der Waals surface area contributed by atoms with Crippen molar-refractivity contribution in [3.05, 3.63) is 30.1 Å². The van der Waals surface area contributed by atoms with E-state index in [9.17, 15) is 4.79 Å². The summed E-state index contributed by atoms with van der Waals surface area (Å²) in [6.45, 7) is 8.83. The third kappa shape index (κ3) is 2.95. The number of hydrogen-bond acceptors (Lipinski definition) is 3. The molecule has 2 fully saturated rings. The van der Waals surface area contributed by atoms with Crippen molar-refractivity contribution in [1.82, 2.24) is 14.8 Å². The predicted octanol–water partition coefficient (Wildman–Crippen LogP) is 2.10. The lowest BCUT2D eigenvalue weighted by Gasteiger charge is -2.46. The summed E-state index contributed by atoms with van der Waals surface area (Å²) >= 11 is 0. The highest BCUT2D eigenvalue weighted by molar-refractivity contribution is 5.80. The lowest BCUT2D eigenvalue weighted by atomic mass is 10.0. The quantitative estimate of drug-likeness (QED) is 0.836. The molecule has 1 aromatic rings. The van der Waals surface area contributed by atoms with E-state index < -0.39 is 0 Å². The number of likely N-dealkylation sites (tertiary alicyclic amines) is 1. The monoisotopic (exact) mass is 287 g/mol. The first-order valence-electron chi connectivity index (χ1n) is 7.90. The number of rotatable bonds is 2. The number of carbonyl (C=O) groups is 1. The second kappa shape index (κ2) is 5.41. The molecule has 0 radical (unpaired) electrons. The molecular formula is C17H25N3O. The molecule has 0 saturated carbocycles. The van der Waals surface area contributed by atoms with Gasteiger partial charge < -0.3 is 4.90 Å². The summed E-state index contributed by atoms with van der Waals surface area (Å²) in [5.41, 5.74) is 1.26. The Morgan fingerprint density at radius 3 is 2.29 bits per heavy atom. The number of amides is 1. The topological polar surface area (TPSA) is 36.4 Å². The van der Waals surface area contributed by atoms with Crippen molar-refractivity contribution in [3.63, 3.8) is 0 Å². The minimum Gasteiger partial charge on any atom is -0.334 e. The van der Waals surface area contributed by atoms with Crippen LogP contribution in [-0.2, 0) is 11.2 Å². The number of carbonyl (C=O) groups excluding carboxylic acids is 1. The van der Waals surface area contributed by atoms with Gasteiger partial charge >= 0.3 is 0 Å². The number of nitrogens with zero attached hydrogens (tertiary/aromatic N) is 3. The van der Waals surface area contributed by atoms with Crippen LogP contribution in [-0.4, -0.2) is 51.4 Å². The van der Waals surface area contributed by atoms with Gasteiger partial charge in [-0.15, -0.1) is 0 Å². The molecule has 0 aliphatic carbocycles. The molecule has 4 heteroatoms. The maximum absolute atomic E-state index is 12.7.